The van der Waals surface area contributed by atoms with Crippen LogP contribution in [0.4, 0.5) is 5.13 Å². The average Bonchev–Trinajstić information content (AvgIpc) is 3.23. The molecule has 1 aromatic heterocycles. The molecule has 2 fully saturated rings. The molecule has 21 heavy (non-hydrogen) atoms. The van der Waals surface area contributed by atoms with Gasteiger partial charge in [-0.2, -0.15) is 0 Å². The molecule has 3 nitrogen and oxygen atoms in total. The smallest absolute Gasteiger partial charge is 0.186 e. The minimum Gasteiger partial charge on any atom is -0.345 e. The highest BCUT2D eigenvalue weighted by Gasteiger charge is 2.39. The molecule has 1 aliphatic heterocycles. The molecular formula is C17H21N3S. The Balaban J connectivity index is 1.70. The number of thiazole rings is 1. The van der Waals surface area contributed by atoms with Gasteiger partial charge in [0.2, 0.25) is 0 Å². The summed E-state index contributed by atoms with van der Waals surface area (Å²) in [6.07, 6.45) is 4.15. The van der Waals surface area contributed by atoms with Gasteiger partial charge in [-0.1, -0.05) is 41.7 Å². The molecule has 1 aromatic carbocycles. The second-order valence-corrected chi connectivity index (χ2v) is 7.21. The number of rotatable bonds is 4. The molecule has 1 saturated carbocycles. The van der Waals surface area contributed by atoms with Crippen molar-refractivity contribution in [3.05, 3.63) is 35.2 Å². The first-order chi connectivity index (χ1) is 10.3. The first-order valence-corrected chi connectivity index (χ1v) is 8.63. The van der Waals surface area contributed by atoms with Crippen molar-refractivity contribution in [2.75, 3.05) is 18.5 Å². The molecule has 1 N–H and O–H groups in total. The molecule has 2 bridgehead atoms. The van der Waals surface area contributed by atoms with Gasteiger partial charge >= 0.3 is 0 Å². The van der Waals surface area contributed by atoms with Crippen LogP contribution in [0.15, 0.2) is 30.3 Å². The summed E-state index contributed by atoms with van der Waals surface area (Å²) < 4.78 is 0. The standard InChI is InChI=1S/C17H21N3S/c1-18-10-15-16(13-5-3-2-4-6-13)19-17(21-15)20-11-12-7-8-14(20)9-12/h2-6,12,14,18H,7-11H2,1H3. The zero-order valence-corrected chi connectivity index (χ0v) is 13.2. The fraction of sp³-hybridized carbons (Fsp3) is 0.471. The first-order valence-electron chi connectivity index (χ1n) is 7.81. The van der Waals surface area contributed by atoms with Crippen LogP contribution < -0.4 is 10.2 Å². The topological polar surface area (TPSA) is 28.2 Å². The zero-order valence-electron chi connectivity index (χ0n) is 12.4. The van der Waals surface area contributed by atoms with Crippen molar-refractivity contribution in [2.45, 2.75) is 31.8 Å². The van der Waals surface area contributed by atoms with E-state index in [1.807, 2.05) is 18.4 Å². The van der Waals surface area contributed by atoms with E-state index >= 15 is 0 Å². The van der Waals surface area contributed by atoms with Crippen LogP contribution in [0, 0.1) is 5.92 Å². The van der Waals surface area contributed by atoms with Crippen molar-refractivity contribution >= 4 is 16.5 Å². The Morgan fingerprint density at radius 2 is 2.14 bits per heavy atom. The van der Waals surface area contributed by atoms with E-state index in [2.05, 4.69) is 40.5 Å². The predicted molar refractivity (Wildman–Crippen MR) is 88.8 cm³/mol. The maximum atomic E-state index is 5.00. The highest BCUT2D eigenvalue weighted by atomic mass is 32.1. The van der Waals surface area contributed by atoms with Crippen LogP contribution in [0.25, 0.3) is 11.3 Å². The molecule has 0 spiro atoms. The Morgan fingerprint density at radius 3 is 2.81 bits per heavy atom. The van der Waals surface area contributed by atoms with E-state index in [-0.39, 0.29) is 0 Å². The Kier molecular flexibility index (Phi) is 3.43. The third-order valence-corrected chi connectivity index (χ3v) is 5.82. The van der Waals surface area contributed by atoms with Crippen LogP contribution in [0.2, 0.25) is 0 Å². The summed E-state index contributed by atoms with van der Waals surface area (Å²) in [6, 6.07) is 11.3. The monoisotopic (exact) mass is 299 g/mol. The maximum absolute atomic E-state index is 5.00. The Bertz CT molecular complexity index is 622. The molecule has 110 valence electrons. The summed E-state index contributed by atoms with van der Waals surface area (Å²) in [5.74, 6) is 0.909. The number of hydrogen-bond acceptors (Lipinski definition) is 4. The summed E-state index contributed by atoms with van der Waals surface area (Å²) in [6.45, 7) is 2.11. The molecular weight excluding hydrogens is 278 g/mol. The maximum Gasteiger partial charge on any atom is 0.186 e. The minimum atomic E-state index is 0.743. The van der Waals surface area contributed by atoms with Crippen LogP contribution >= 0.6 is 11.3 Å². The van der Waals surface area contributed by atoms with E-state index in [9.17, 15) is 0 Å². The van der Waals surface area contributed by atoms with E-state index in [1.165, 1.54) is 41.4 Å². The number of benzene rings is 1. The van der Waals surface area contributed by atoms with Gasteiger partial charge in [-0.05, 0) is 32.2 Å². The molecule has 0 amide bonds. The lowest BCUT2D eigenvalue weighted by atomic mass is 10.1. The largest absolute Gasteiger partial charge is 0.345 e. The normalized spacial score (nSPS) is 24.0. The molecule has 4 heteroatoms. The van der Waals surface area contributed by atoms with E-state index in [0.717, 1.165) is 24.2 Å². The average molecular weight is 299 g/mol. The second kappa shape index (κ2) is 5.43. The summed E-state index contributed by atoms with van der Waals surface area (Å²) in [5.41, 5.74) is 2.39. The molecule has 1 aliphatic carbocycles. The van der Waals surface area contributed by atoms with Crippen LogP contribution in [-0.2, 0) is 6.54 Å². The lowest BCUT2D eigenvalue weighted by Gasteiger charge is -2.26. The highest BCUT2D eigenvalue weighted by molar-refractivity contribution is 7.16. The predicted octanol–water partition coefficient (Wildman–Crippen LogP) is 3.52. The molecule has 2 unspecified atom stereocenters. The third kappa shape index (κ3) is 2.36. The van der Waals surface area contributed by atoms with Gasteiger partial charge in [-0.3, -0.25) is 0 Å². The Labute approximate surface area is 130 Å². The van der Waals surface area contributed by atoms with Crippen molar-refractivity contribution < 1.29 is 0 Å². The van der Waals surface area contributed by atoms with E-state index in [4.69, 9.17) is 4.98 Å². The summed E-state index contributed by atoms with van der Waals surface area (Å²) in [5, 5.41) is 4.51. The van der Waals surface area contributed by atoms with Crippen LogP contribution in [0.5, 0.6) is 0 Å². The van der Waals surface area contributed by atoms with Crippen LogP contribution in [0.3, 0.4) is 0 Å². The summed E-state index contributed by atoms with van der Waals surface area (Å²) in [7, 11) is 2.01. The summed E-state index contributed by atoms with van der Waals surface area (Å²) in [4.78, 5) is 8.91. The number of anilines is 1. The molecule has 4 rings (SSSR count). The van der Waals surface area contributed by atoms with Gasteiger partial charge in [-0.15, -0.1) is 0 Å². The van der Waals surface area contributed by atoms with Gasteiger partial charge < -0.3 is 10.2 Å². The van der Waals surface area contributed by atoms with Crippen molar-refractivity contribution in [2.24, 2.45) is 5.92 Å². The van der Waals surface area contributed by atoms with Crippen molar-refractivity contribution in [3.63, 3.8) is 0 Å². The van der Waals surface area contributed by atoms with Crippen molar-refractivity contribution in [1.82, 2.24) is 10.3 Å². The quantitative estimate of drug-likeness (QED) is 0.936. The van der Waals surface area contributed by atoms with Crippen molar-refractivity contribution in [3.8, 4) is 11.3 Å². The van der Waals surface area contributed by atoms with Gasteiger partial charge in [0.25, 0.3) is 0 Å². The second-order valence-electron chi connectivity index (χ2n) is 6.15. The molecule has 1 saturated heterocycles. The fourth-order valence-corrected chi connectivity index (χ4v) is 4.90. The van der Waals surface area contributed by atoms with E-state index < -0.39 is 0 Å². The first kappa shape index (κ1) is 13.3. The third-order valence-electron chi connectivity index (χ3n) is 4.73. The SMILES string of the molecule is CNCc1sc(N2CC3CCC2C3)nc1-c1ccccc1. The van der Waals surface area contributed by atoms with Gasteiger partial charge in [-0.25, -0.2) is 4.98 Å². The number of fused-ring (bicyclic) bond motifs is 2. The number of aromatic nitrogens is 1. The highest BCUT2D eigenvalue weighted by Crippen LogP contribution is 2.43. The summed E-state index contributed by atoms with van der Waals surface area (Å²) >= 11 is 1.87. The van der Waals surface area contributed by atoms with Gasteiger partial charge in [0.15, 0.2) is 5.13 Å². The molecule has 0 radical (unpaired) electrons. The fourth-order valence-electron chi connectivity index (χ4n) is 3.72. The molecule has 2 aromatic rings. The van der Waals surface area contributed by atoms with Gasteiger partial charge in [0, 0.05) is 29.6 Å². The molecule has 2 atom stereocenters. The zero-order chi connectivity index (χ0) is 14.2. The number of nitrogens with zero attached hydrogens (tertiary/aromatic N) is 2. The van der Waals surface area contributed by atoms with Gasteiger partial charge in [0.05, 0.1) is 5.69 Å². The number of nitrogens with one attached hydrogen (secondary N) is 1. The number of piperidine rings is 1. The van der Waals surface area contributed by atoms with E-state index in [0.29, 0.717) is 0 Å². The lowest BCUT2D eigenvalue weighted by molar-refractivity contribution is 0.553. The van der Waals surface area contributed by atoms with Crippen LogP contribution in [-0.4, -0.2) is 24.6 Å². The molecule has 2 aliphatic rings. The van der Waals surface area contributed by atoms with Gasteiger partial charge in [0.1, 0.15) is 0 Å². The van der Waals surface area contributed by atoms with Crippen molar-refractivity contribution in [1.29, 1.82) is 0 Å². The lowest BCUT2D eigenvalue weighted by Crippen LogP contribution is -2.31. The van der Waals surface area contributed by atoms with Crippen LogP contribution in [0.1, 0.15) is 24.1 Å². The minimum absolute atomic E-state index is 0.743. The van der Waals surface area contributed by atoms with E-state index in [1.54, 1.807) is 0 Å². The Morgan fingerprint density at radius 1 is 1.29 bits per heavy atom. The number of hydrogen-bond donors (Lipinski definition) is 1. The Hall–Kier alpha value is -1.39. The molecule has 2 heterocycles.